The van der Waals surface area contributed by atoms with Gasteiger partial charge in [-0.05, 0) is 0 Å². The maximum absolute atomic E-state index is 12.8. The molecule has 1 aromatic rings. The van der Waals surface area contributed by atoms with Crippen LogP contribution in [0.1, 0.15) is 44.5 Å². The normalized spacial score (nSPS) is 22.1. The van der Waals surface area contributed by atoms with Crippen LogP contribution in [0.15, 0.2) is 4.79 Å². The number of nitrogens with one attached hydrogen (secondary N) is 1. The van der Waals surface area contributed by atoms with Crippen LogP contribution in [0.2, 0.25) is 0 Å². The third-order valence-electron chi connectivity index (χ3n) is 4.66. The van der Waals surface area contributed by atoms with Gasteiger partial charge in [-0.2, -0.15) is 4.98 Å². The molecule has 2 heterocycles. The van der Waals surface area contributed by atoms with Gasteiger partial charge in [0.1, 0.15) is 11.4 Å². The molecule has 182 valence electrons. The largest absolute Gasteiger partial charge is 0.468 e. The van der Waals surface area contributed by atoms with Gasteiger partial charge >= 0.3 is 23.9 Å². The maximum atomic E-state index is 12.8. The van der Waals surface area contributed by atoms with Crippen LogP contribution in [0.25, 0.3) is 0 Å². The molecule has 2 rings (SSSR count). The third kappa shape index (κ3) is 6.06. The first-order chi connectivity index (χ1) is 15.5. The van der Waals surface area contributed by atoms with Crippen molar-refractivity contribution in [3.63, 3.8) is 0 Å². The van der Waals surface area contributed by atoms with Crippen LogP contribution in [0.3, 0.4) is 0 Å². The first kappa shape index (κ1) is 25.8. The van der Waals surface area contributed by atoms with Crippen LogP contribution in [0.4, 0.5) is 5.82 Å². The van der Waals surface area contributed by atoms with Gasteiger partial charge in [-0.15, -0.1) is 0 Å². The quantitative estimate of drug-likeness (QED) is 0.307. The number of methoxy groups -OCH3 is 1. The minimum Gasteiger partial charge on any atom is -0.468 e. The van der Waals surface area contributed by atoms with E-state index in [2.05, 4.69) is 10.3 Å². The fourth-order valence-corrected chi connectivity index (χ4v) is 3.30. The highest BCUT2D eigenvalue weighted by Gasteiger charge is 2.47. The molecule has 1 fully saturated rings. The van der Waals surface area contributed by atoms with E-state index >= 15 is 0 Å². The summed E-state index contributed by atoms with van der Waals surface area (Å²) in [7, 11) is 2.69. The lowest BCUT2D eigenvalue weighted by Crippen LogP contribution is -2.59. The number of hydrogen-bond donors (Lipinski definition) is 1. The van der Waals surface area contributed by atoms with Crippen molar-refractivity contribution < 1.29 is 42.9 Å². The van der Waals surface area contributed by atoms with E-state index in [0.717, 1.165) is 25.3 Å². The van der Waals surface area contributed by atoms with Gasteiger partial charge in [0.2, 0.25) is 0 Å². The van der Waals surface area contributed by atoms with Crippen molar-refractivity contribution in [3.8, 4) is 6.01 Å². The zero-order valence-electron chi connectivity index (χ0n) is 19.2. The monoisotopic (exact) mass is 469 g/mol. The Morgan fingerprint density at radius 1 is 1.06 bits per heavy atom. The molecule has 0 saturated carbocycles. The van der Waals surface area contributed by atoms with E-state index in [1.54, 1.807) is 6.92 Å². The molecular weight excluding hydrogens is 442 g/mol. The van der Waals surface area contributed by atoms with E-state index in [4.69, 9.17) is 23.7 Å². The van der Waals surface area contributed by atoms with Crippen molar-refractivity contribution in [3.05, 3.63) is 15.9 Å². The average molecular weight is 469 g/mol. The van der Waals surface area contributed by atoms with E-state index in [-0.39, 0.29) is 30.4 Å². The highest BCUT2D eigenvalue weighted by molar-refractivity contribution is 6.00. The number of esters is 3. The molecule has 0 spiro atoms. The lowest BCUT2D eigenvalue weighted by Gasteiger charge is -2.40. The van der Waals surface area contributed by atoms with E-state index in [0.29, 0.717) is 0 Å². The molecule has 0 aromatic carbocycles. The van der Waals surface area contributed by atoms with Crippen molar-refractivity contribution in [1.82, 2.24) is 9.55 Å². The van der Waals surface area contributed by atoms with Crippen LogP contribution in [-0.2, 0) is 40.4 Å². The minimum atomic E-state index is -1.31. The molecule has 13 heteroatoms. The average Bonchev–Trinajstić information content (AvgIpc) is 2.73. The van der Waals surface area contributed by atoms with Crippen molar-refractivity contribution in [2.24, 2.45) is 7.05 Å². The molecular formula is C20H27N3O10. The van der Waals surface area contributed by atoms with Gasteiger partial charge in [0.05, 0.1) is 13.7 Å². The number of anilines is 1. The second-order valence-corrected chi connectivity index (χ2v) is 7.16. The first-order valence-electron chi connectivity index (χ1n) is 10.1. The number of ketones is 1. The fraction of sp³-hybridized carbons (Fsp3) is 0.600. The smallest absolute Gasteiger partial charge is 0.303 e. The summed E-state index contributed by atoms with van der Waals surface area (Å²) in [4.78, 5) is 64.5. The highest BCUT2D eigenvalue weighted by atomic mass is 16.6. The van der Waals surface area contributed by atoms with Crippen LogP contribution in [0, 0.1) is 0 Å². The number of rotatable bonds is 8. The summed E-state index contributed by atoms with van der Waals surface area (Å²) in [6.07, 6.45) is -4.83. The van der Waals surface area contributed by atoms with E-state index in [1.807, 2.05) is 0 Å². The molecule has 0 unspecified atom stereocenters. The number of Topliss-reactive ketones (excluding diaryl/α,β-unsaturated/α-hetero) is 1. The number of aromatic nitrogens is 2. The number of ether oxygens (including phenoxy) is 5. The second-order valence-electron chi connectivity index (χ2n) is 7.16. The van der Waals surface area contributed by atoms with Gasteiger partial charge in [0, 0.05) is 34.2 Å². The molecule has 13 nitrogen and oxygen atoms in total. The topological polar surface area (TPSA) is 161 Å². The molecule has 0 bridgehead atoms. The van der Waals surface area contributed by atoms with Crippen molar-refractivity contribution in [1.29, 1.82) is 0 Å². The summed E-state index contributed by atoms with van der Waals surface area (Å²) in [5.74, 6) is -2.79. The Morgan fingerprint density at radius 3 is 2.15 bits per heavy atom. The standard InChI is InChI=1S/C20H27N3O10/c1-7-12(27)14-17(22-20(29-6)23(5)19(14)28)21-18-16(33-11(4)26)15(32-10(3)25)13(8-30-18)31-9(2)24/h13,15-16,18,21H,7-8H2,1-6H3/t13-,15+,16-,18-/m1/s1. The van der Waals surface area contributed by atoms with Gasteiger partial charge in [-0.25, -0.2) is 0 Å². The van der Waals surface area contributed by atoms with E-state index < -0.39 is 53.8 Å². The molecule has 0 amide bonds. The molecule has 1 N–H and O–H groups in total. The molecule has 0 radical (unpaired) electrons. The van der Waals surface area contributed by atoms with Gasteiger partial charge in [0.25, 0.3) is 5.56 Å². The van der Waals surface area contributed by atoms with Gasteiger partial charge < -0.3 is 29.0 Å². The number of carbonyl (C=O) groups is 4. The number of hydrogen-bond acceptors (Lipinski definition) is 12. The minimum absolute atomic E-state index is 0.0153. The van der Waals surface area contributed by atoms with Crippen LogP contribution in [-0.4, -0.2) is 71.5 Å². The Hall–Kier alpha value is -3.48. The van der Waals surface area contributed by atoms with Gasteiger partial charge in [-0.3, -0.25) is 28.5 Å². The Balaban J connectivity index is 2.54. The fourth-order valence-electron chi connectivity index (χ4n) is 3.30. The first-order valence-corrected chi connectivity index (χ1v) is 10.1. The molecule has 4 atom stereocenters. The molecule has 33 heavy (non-hydrogen) atoms. The van der Waals surface area contributed by atoms with Crippen molar-refractivity contribution >= 4 is 29.5 Å². The Bertz CT molecular complexity index is 989. The highest BCUT2D eigenvalue weighted by Crippen LogP contribution is 2.27. The van der Waals surface area contributed by atoms with Crippen molar-refractivity contribution in [2.75, 3.05) is 19.0 Å². The molecule has 1 aromatic heterocycles. The zero-order valence-corrected chi connectivity index (χ0v) is 19.2. The summed E-state index contributed by atoms with van der Waals surface area (Å²) in [6, 6.07) is -0.0932. The predicted octanol–water partition coefficient (Wildman–Crippen LogP) is -0.0551. The summed E-state index contributed by atoms with van der Waals surface area (Å²) < 4.78 is 27.6. The lowest BCUT2D eigenvalue weighted by molar-refractivity contribution is -0.221. The van der Waals surface area contributed by atoms with Gasteiger partial charge in [-0.1, -0.05) is 6.92 Å². The number of nitrogens with zero attached hydrogens (tertiary/aromatic N) is 2. The molecule has 1 aliphatic heterocycles. The summed E-state index contributed by atoms with van der Waals surface area (Å²) in [5, 5.41) is 2.78. The SMILES string of the molecule is CCC(=O)c1c(N[C@@H]2OC[C@@H](OC(C)=O)[C@H](OC(C)=O)[C@H]2OC(C)=O)nc(OC)n(C)c1=O. The summed E-state index contributed by atoms with van der Waals surface area (Å²) in [5.41, 5.74) is -0.914. The predicted molar refractivity (Wildman–Crippen MR) is 111 cm³/mol. The van der Waals surface area contributed by atoms with Crippen LogP contribution >= 0.6 is 0 Å². The van der Waals surface area contributed by atoms with Crippen LogP contribution < -0.4 is 15.6 Å². The molecule has 1 aliphatic rings. The Labute approximate surface area is 189 Å². The van der Waals surface area contributed by atoms with Crippen LogP contribution in [0.5, 0.6) is 6.01 Å². The van der Waals surface area contributed by atoms with E-state index in [9.17, 15) is 24.0 Å². The second kappa shape index (κ2) is 10.9. The Kier molecular flexibility index (Phi) is 8.51. The summed E-state index contributed by atoms with van der Waals surface area (Å²) in [6.45, 7) is 4.76. The summed E-state index contributed by atoms with van der Waals surface area (Å²) >= 11 is 0. The third-order valence-corrected chi connectivity index (χ3v) is 4.66. The Morgan fingerprint density at radius 2 is 1.64 bits per heavy atom. The molecule has 0 aliphatic carbocycles. The molecule has 1 saturated heterocycles. The lowest BCUT2D eigenvalue weighted by atomic mass is 10.0. The van der Waals surface area contributed by atoms with Crippen molar-refractivity contribution in [2.45, 2.75) is 58.7 Å². The number of carbonyl (C=O) groups excluding carboxylic acids is 4. The maximum Gasteiger partial charge on any atom is 0.303 e. The van der Waals surface area contributed by atoms with E-state index in [1.165, 1.54) is 14.2 Å². The van der Waals surface area contributed by atoms with Gasteiger partial charge in [0.15, 0.2) is 30.3 Å². The zero-order chi connectivity index (χ0) is 24.9.